The van der Waals surface area contributed by atoms with Crippen molar-refractivity contribution in [2.75, 3.05) is 19.0 Å². The lowest BCUT2D eigenvalue weighted by Gasteiger charge is -2.08. The van der Waals surface area contributed by atoms with Crippen molar-refractivity contribution in [1.82, 2.24) is 5.32 Å². The van der Waals surface area contributed by atoms with Crippen molar-refractivity contribution >= 4 is 17.5 Å². The van der Waals surface area contributed by atoms with Gasteiger partial charge in [-0.1, -0.05) is 12.1 Å². The Kier molecular flexibility index (Phi) is 6.37. The van der Waals surface area contributed by atoms with Crippen LogP contribution in [0, 0.1) is 6.92 Å². The molecule has 0 atom stereocenters. The van der Waals surface area contributed by atoms with Gasteiger partial charge in [0, 0.05) is 24.7 Å². The fraction of sp³-hybridized carbons (Fsp3) is 0.263. The summed E-state index contributed by atoms with van der Waals surface area (Å²) < 4.78 is 5.62. The van der Waals surface area contributed by atoms with E-state index in [0.717, 1.165) is 11.3 Å². The first-order chi connectivity index (χ1) is 11.6. The van der Waals surface area contributed by atoms with Crippen LogP contribution in [0.2, 0.25) is 0 Å². The van der Waals surface area contributed by atoms with Crippen LogP contribution in [0.15, 0.2) is 48.5 Å². The van der Waals surface area contributed by atoms with E-state index in [4.69, 9.17) is 4.74 Å². The van der Waals surface area contributed by atoms with Crippen molar-refractivity contribution in [3.8, 4) is 5.75 Å². The number of amides is 2. The van der Waals surface area contributed by atoms with E-state index in [0.29, 0.717) is 30.7 Å². The molecule has 5 nitrogen and oxygen atoms in total. The summed E-state index contributed by atoms with van der Waals surface area (Å²) in [6, 6.07) is 14.6. The predicted molar refractivity (Wildman–Crippen MR) is 94.4 cm³/mol. The molecule has 0 unspecified atom stereocenters. The molecule has 0 heterocycles. The third kappa shape index (κ3) is 5.43. The Hall–Kier alpha value is -2.82. The Morgan fingerprint density at radius 2 is 1.83 bits per heavy atom. The second-order valence-corrected chi connectivity index (χ2v) is 5.47. The highest BCUT2D eigenvalue weighted by atomic mass is 16.5. The summed E-state index contributed by atoms with van der Waals surface area (Å²) in [7, 11) is 1.58. The summed E-state index contributed by atoms with van der Waals surface area (Å²) in [5.74, 6) is 0.594. The van der Waals surface area contributed by atoms with Crippen LogP contribution in [-0.4, -0.2) is 25.5 Å². The SMILES string of the molecule is CNC(=O)c1ccc(NC(=O)CCCOc2cccc(C)c2)cc1. The fourth-order valence-corrected chi connectivity index (χ4v) is 2.20. The van der Waals surface area contributed by atoms with Gasteiger partial charge < -0.3 is 15.4 Å². The van der Waals surface area contributed by atoms with Gasteiger partial charge >= 0.3 is 0 Å². The largest absolute Gasteiger partial charge is 0.494 e. The first kappa shape index (κ1) is 17.5. The van der Waals surface area contributed by atoms with E-state index < -0.39 is 0 Å². The number of carbonyl (C=O) groups excluding carboxylic acids is 2. The van der Waals surface area contributed by atoms with Gasteiger partial charge in [0.15, 0.2) is 0 Å². The van der Waals surface area contributed by atoms with Crippen LogP contribution in [0.3, 0.4) is 0 Å². The number of aryl methyl sites for hydroxylation is 1. The van der Waals surface area contributed by atoms with Gasteiger partial charge in [-0.05, 0) is 55.3 Å². The predicted octanol–water partition coefficient (Wildman–Crippen LogP) is 3.15. The molecule has 0 radical (unpaired) electrons. The van der Waals surface area contributed by atoms with Crippen molar-refractivity contribution in [3.63, 3.8) is 0 Å². The average Bonchev–Trinajstić information content (AvgIpc) is 2.59. The lowest BCUT2D eigenvalue weighted by Crippen LogP contribution is -2.18. The van der Waals surface area contributed by atoms with Gasteiger partial charge in [0.05, 0.1) is 6.61 Å². The van der Waals surface area contributed by atoms with Crippen molar-refractivity contribution < 1.29 is 14.3 Å². The van der Waals surface area contributed by atoms with Crippen LogP contribution in [0.25, 0.3) is 0 Å². The van der Waals surface area contributed by atoms with E-state index in [1.54, 1.807) is 31.3 Å². The number of benzene rings is 2. The molecule has 24 heavy (non-hydrogen) atoms. The Balaban J connectivity index is 1.72. The first-order valence-electron chi connectivity index (χ1n) is 7.90. The summed E-state index contributed by atoms with van der Waals surface area (Å²) in [5, 5.41) is 5.36. The van der Waals surface area contributed by atoms with Crippen LogP contribution >= 0.6 is 0 Å². The zero-order valence-electron chi connectivity index (χ0n) is 14.0. The lowest BCUT2D eigenvalue weighted by molar-refractivity contribution is -0.116. The van der Waals surface area contributed by atoms with Crippen molar-refractivity contribution in [2.24, 2.45) is 0 Å². The quantitative estimate of drug-likeness (QED) is 0.768. The second-order valence-electron chi connectivity index (χ2n) is 5.47. The molecular formula is C19H22N2O3. The first-order valence-corrected chi connectivity index (χ1v) is 7.90. The van der Waals surface area contributed by atoms with Gasteiger partial charge in [-0.3, -0.25) is 9.59 Å². The second kappa shape index (κ2) is 8.72. The zero-order chi connectivity index (χ0) is 17.4. The van der Waals surface area contributed by atoms with E-state index in [1.165, 1.54) is 0 Å². The molecule has 0 aliphatic rings. The molecule has 0 aliphatic heterocycles. The average molecular weight is 326 g/mol. The number of ether oxygens (including phenoxy) is 1. The van der Waals surface area contributed by atoms with Crippen LogP contribution in [-0.2, 0) is 4.79 Å². The smallest absolute Gasteiger partial charge is 0.251 e. The maximum Gasteiger partial charge on any atom is 0.251 e. The fourth-order valence-electron chi connectivity index (χ4n) is 2.20. The normalized spacial score (nSPS) is 10.1. The van der Waals surface area contributed by atoms with E-state index in [-0.39, 0.29) is 11.8 Å². The minimum Gasteiger partial charge on any atom is -0.494 e. The van der Waals surface area contributed by atoms with Gasteiger partial charge in [0.2, 0.25) is 5.91 Å². The topological polar surface area (TPSA) is 67.4 Å². The van der Waals surface area contributed by atoms with Gasteiger partial charge in [-0.15, -0.1) is 0 Å². The molecule has 2 amide bonds. The molecule has 5 heteroatoms. The van der Waals surface area contributed by atoms with E-state index >= 15 is 0 Å². The van der Waals surface area contributed by atoms with Gasteiger partial charge in [-0.2, -0.15) is 0 Å². The number of anilines is 1. The van der Waals surface area contributed by atoms with Crippen LogP contribution in [0.5, 0.6) is 5.75 Å². The molecule has 2 aromatic carbocycles. The molecule has 0 saturated heterocycles. The van der Waals surface area contributed by atoms with Crippen molar-refractivity contribution in [1.29, 1.82) is 0 Å². The summed E-state index contributed by atoms with van der Waals surface area (Å²) in [6.07, 6.45) is 1.01. The molecule has 0 spiro atoms. The third-order valence-corrected chi connectivity index (χ3v) is 3.46. The summed E-state index contributed by atoms with van der Waals surface area (Å²) in [4.78, 5) is 23.4. The van der Waals surface area contributed by atoms with Gasteiger partial charge in [0.1, 0.15) is 5.75 Å². The molecule has 126 valence electrons. The Morgan fingerprint density at radius 1 is 1.08 bits per heavy atom. The third-order valence-electron chi connectivity index (χ3n) is 3.46. The number of nitrogens with one attached hydrogen (secondary N) is 2. The lowest BCUT2D eigenvalue weighted by atomic mass is 10.2. The maximum absolute atomic E-state index is 11.9. The Bertz CT molecular complexity index is 696. The molecule has 0 aliphatic carbocycles. The Morgan fingerprint density at radius 3 is 2.50 bits per heavy atom. The zero-order valence-corrected chi connectivity index (χ0v) is 14.0. The highest BCUT2D eigenvalue weighted by Crippen LogP contribution is 2.13. The van der Waals surface area contributed by atoms with Crippen LogP contribution in [0.4, 0.5) is 5.69 Å². The minimum atomic E-state index is -0.152. The number of carbonyl (C=O) groups is 2. The molecule has 2 rings (SSSR count). The number of hydrogen-bond donors (Lipinski definition) is 2. The molecule has 0 bridgehead atoms. The van der Waals surface area contributed by atoms with Crippen LogP contribution < -0.4 is 15.4 Å². The highest BCUT2D eigenvalue weighted by molar-refractivity contribution is 5.95. The van der Waals surface area contributed by atoms with E-state index in [2.05, 4.69) is 10.6 Å². The van der Waals surface area contributed by atoms with Gasteiger partial charge in [0.25, 0.3) is 5.91 Å². The Labute approximate surface area is 142 Å². The molecule has 2 aromatic rings. The van der Waals surface area contributed by atoms with Crippen LogP contribution in [0.1, 0.15) is 28.8 Å². The van der Waals surface area contributed by atoms with Crippen molar-refractivity contribution in [3.05, 3.63) is 59.7 Å². The molecule has 0 fully saturated rings. The molecular weight excluding hydrogens is 304 g/mol. The van der Waals surface area contributed by atoms with Crippen molar-refractivity contribution in [2.45, 2.75) is 19.8 Å². The minimum absolute atomic E-state index is 0.0736. The van der Waals surface area contributed by atoms with E-state index in [1.807, 2.05) is 31.2 Å². The van der Waals surface area contributed by atoms with Gasteiger partial charge in [-0.25, -0.2) is 0 Å². The summed E-state index contributed by atoms with van der Waals surface area (Å²) >= 11 is 0. The number of rotatable bonds is 7. The van der Waals surface area contributed by atoms with E-state index in [9.17, 15) is 9.59 Å². The number of hydrogen-bond acceptors (Lipinski definition) is 3. The summed E-state index contributed by atoms with van der Waals surface area (Å²) in [5.41, 5.74) is 2.37. The monoisotopic (exact) mass is 326 g/mol. The molecule has 0 aromatic heterocycles. The molecule has 2 N–H and O–H groups in total. The summed E-state index contributed by atoms with van der Waals surface area (Å²) in [6.45, 7) is 2.50. The maximum atomic E-state index is 11.9. The molecule has 0 saturated carbocycles. The highest BCUT2D eigenvalue weighted by Gasteiger charge is 2.05. The standard InChI is InChI=1S/C19H22N2O3/c1-14-5-3-6-17(13-14)24-12-4-7-18(22)21-16-10-8-15(9-11-16)19(23)20-2/h3,5-6,8-11,13H,4,7,12H2,1-2H3,(H,20,23)(H,21,22).